The molecule has 1 amide bonds. The number of rotatable bonds is 5. The highest BCUT2D eigenvalue weighted by molar-refractivity contribution is 5.84. The maximum Gasteiger partial charge on any atom is 0.410 e. The zero-order valence-electron chi connectivity index (χ0n) is 22.3. The van der Waals surface area contributed by atoms with Gasteiger partial charge in [-0.3, -0.25) is 9.78 Å². The van der Waals surface area contributed by atoms with Crippen LogP contribution in [0.25, 0.3) is 10.9 Å². The molecule has 8 heteroatoms. The van der Waals surface area contributed by atoms with Crippen molar-refractivity contribution in [2.24, 2.45) is 0 Å². The largest absolute Gasteiger partial charge is 0.497 e. The topological polar surface area (TPSA) is 87.8 Å². The molecule has 1 N–H and O–H groups in total. The van der Waals surface area contributed by atoms with Crippen molar-refractivity contribution in [2.45, 2.75) is 65.6 Å². The number of nitrogens with zero attached hydrogens (tertiary/aromatic N) is 3. The number of carbonyl (C=O) groups is 1. The van der Waals surface area contributed by atoms with Crippen LogP contribution >= 0.6 is 0 Å². The third-order valence-corrected chi connectivity index (χ3v) is 6.43. The number of methoxy groups -OCH3 is 1. The van der Waals surface area contributed by atoms with Gasteiger partial charge in [0.15, 0.2) is 0 Å². The van der Waals surface area contributed by atoms with Gasteiger partial charge in [-0.2, -0.15) is 0 Å². The van der Waals surface area contributed by atoms with Crippen LogP contribution in [0.1, 0.15) is 62.8 Å². The molecule has 0 atom stereocenters. The minimum Gasteiger partial charge on any atom is -0.497 e. The summed E-state index contributed by atoms with van der Waals surface area (Å²) in [5.74, 6) is 1.41. The monoisotopic (exact) mass is 492 g/mol. The van der Waals surface area contributed by atoms with Crippen LogP contribution in [-0.2, 0) is 24.2 Å². The average molecular weight is 493 g/mol. The lowest BCUT2D eigenvalue weighted by Crippen LogP contribution is -2.36. The summed E-state index contributed by atoms with van der Waals surface area (Å²) >= 11 is 0. The molecule has 2 aromatic carbocycles. The van der Waals surface area contributed by atoms with Gasteiger partial charge in [-0.15, -0.1) is 0 Å². The molecule has 36 heavy (non-hydrogen) atoms. The van der Waals surface area contributed by atoms with Crippen LogP contribution in [-0.4, -0.2) is 47.3 Å². The maximum atomic E-state index is 13.1. The van der Waals surface area contributed by atoms with E-state index >= 15 is 0 Å². The van der Waals surface area contributed by atoms with E-state index in [4.69, 9.17) is 14.5 Å². The first-order valence-corrected chi connectivity index (χ1v) is 12.4. The summed E-state index contributed by atoms with van der Waals surface area (Å²) in [5, 5.41) is 0.611. The number of anilines is 1. The second-order valence-electron chi connectivity index (χ2n) is 10.7. The van der Waals surface area contributed by atoms with Crippen LogP contribution in [0.2, 0.25) is 0 Å². The van der Waals surface area contributed by atoms with E-state index in [0.717, 1.165) is 23.1 Å². The highest BCUT2D eigenvalue weighted by Crippen LogP contribution is 2.30. The molecule has 4 rings (SSSR count). The second-order valence-corrected chi connectivity index (χ2v) is 10.7. The molecule has 0 aliphatic carbocycles. The van der Waals surface area contributed by atoms with Crippen LogP contribution in [0.4, 0.5) is 10.7 Å². The van der Waals surface area contributed by atoms with Gasteiger partial charge in [-0.05, 0) is 61.4 Å². The van der Waals surface area contributed by atoms with Crippen molar-refractivity contribution in [3.63, 3.8) is 0 Å². The highest BCUT2D eigenvalue weighted by atomic mass is 16.6. The van der Waals surface area contributed by atoms with Crippen molar-refractivity contribution >= 4 is 22.9 Å². The lowest BCUT2D eigenvalue weighted by molar-refractivity contribution is 0.0284. The maximum absolute atomic E-state index is 13.1. The number of aromatic amines is 1. The Bertz CT molecular complexity index is 1340. The molecule has 8 nitrogen and oxygen atoms in total. The molecule has 192 valence electrons. The van der Waals surface area contributed by atoms with E-state index in [1.165, 1.54) is 5.56 Å². The Morgan fingerprint density at radius 3 is 2.67 bits per heavy atom. The van der Waals surface area contributed by atoms with Crippen molar-refractivity contribution in [1.29, 1.82) is 0 Å². The first kappa shape index (κ1) is 25.5. The number of carbonyl (C=O) groups excluding carboxylic acids is 1. The Morgan fingerprint density at radius 2 is 2.00 bits per heavy atom. The van der Waals surface area contributed by atoms with E-state index in [1.807, 2.05) is 39.0 Å². The average Bonchev–Trinajstić information content (AvgIpc) is 2.81. The molecular formula is C28H36N4O4. The molecule has 0 bridgehead atoms. The fraction of sp³-hybridized carbons (Fsp3) is 0.464. The van der Waals surface area contributed by atoms with Crippen LogP contribution in [0, 0.1) is 0 Å². The predicted octanol–water partition coefficient (Wildman–Crippen LogP) is 4.98. The summed E-state index contributed by atoms with van der Waals surface area (Å²) in [4.78, 5) is 37.2. The van der Waals surface area contributed by atoms with Gasteiger partial charge in [0.25, 0.3) is 5.56 Å². The van der Waals surface area contributed by atoms with Crippen molar-refractivity contribution in [3.05, 3.63) is 62.9 Å². The van der Waals surface area contributed by atoms with Crippen LogP contribution in [0.3, 0.4) is 0 Å². The number of amides is 1. The molecule has 1 aromatic heterocycles. The fourth-order valence-electron chi connectivity index (χ4n) is 4.66. The van der Waals surface area contributed by atoms with Crippen molar-refractivity contribution in [1.82, 2.24) is 14.9 Å². The fourth-order valence-corrected chi connectivity index (χ4v) is 4.66. The van der Waals surface area contributed by atoms with Crippen LogP contribution in [0.5, 0.6) is 5.75 Å². The summed E-state index contributed by atoms with van der Waals surface area (Å²) in [5.41, 5.74) is 4.38. The molecule has 1 aliphatic heterocycles. The third-order valence-electron chi connectivity index (χ3n) is 6.43. The molecule has 3 aromatic rings. The van der Waals surface area contributed by atoms with E-state index in [0.29, 0.717) is 42.2 Å². The molecule has 2 heterocycles. The molecule has 0 radical (unpaired) electrons. The first-order valence-electron chi connectivity index (χ1n) is 12.4. The summed E-state index contributed by atoms with van der Waals surface area (Å²) in [6, 6.07) is 9.90. The lowest BCUT2D eigenvalue weighted by Gasteiger charge is -2.31. The van der Waals surface area contributed by atoms with Gasteiger partial charge in [-0.25, -0.2) is 9.78 Å². The third kappa shape index (κ3) is 5.32. The molecule has 0 saturated carbocycles. The minimum absolute atomic E-state index is 0.139. The summed E-state index contributed by atoms with van der Waals surface area (Å²) in [7, 11) is 3.38. The second kappa shape index (κ2) is 9.84. The van der Waals surface area contributed by atoms with E-state index < -0.39 is 5.60 Å². The van der Waals surface area contributed by atoms with E-state index in [-0.39, 0.29) is 17.6 Å². The predicted molar refractivity (Wildman–Crippen MR) is 142 cm³/mol. The van der Waals surface area contributed by atoms with Crippen LogP contribution in [0.15, 0.2) is 35.1 Å². The zero-order chi connectivity index (χ0) is 26.2. The normalized spacial score (nSPS) is 13.6. The Hall–Kier alpha value is -3.55. The number of ether oxygens (including phenoxy) is 2. The van der Waals surface area contributed by atoms with Crippen molar-refractivity contribution in [3.8, 4) is 5.75 Å². The minimum atomic E-state index is -0.536. The van der Waals surface area contributed by atoms with E-state index in [1.54, 1.807) is 19.1 Å². The van der Waals surface area contributed by atoms with Gasteiger partial charge >= 0.3 is 6.09 Å². The number of aromatic nitrogens is 2. The van der Waals surface area contributed by atoms with Gasteiger partial charge in [-0.1, -0.05) is 32.0 Å². The molecule has 0 spiro atoms. The standard InChI is InChI=1S/C28H36N4O4/c1-17(2)22-13-20(35-7)14-23-24(22)25(33)30-26(29-23)32-12-11-21-18(9-8-10-19(21)16-32)15-31(6)27(34)36-28(3,4)5/h8-10,13-14,17H,11-12,15-16H2,1-7H3,(H,29,30,33). The number of hydrogen-bond acceptors (Lipinski definition) is 6. The quantitative estimate of drug-likeness (QED) is 0.540. The molecule has 0 unspecified atom stereocenters. The van der Waals surface area contributed by atoms with Crippen LogP contribution < -0.4 is 15.2 Å². The number of benzene rings is 2. The molecule has 0 saturated heterocycles. The summed E-state index contributed by atoms with van der Waals surface area (Å²) in [6.45, 7) is 11.5. The molecular weight excluding hydrogens is 456 g/mol. The van der Waals surface area contributed by atoms with Gasteiger partial charge in [0, 0.05) is 32.7 Å². The Kier molecular flexibility index (Phi) is 6.98. The highest BCUT2D eigenvalue weighted by Gasteiger charge is 2.24. The van der Waals surface area contributed by atoms with E-state index in [9.17, 15) is 9.59 Å². The number of fused-ring (bicyclic) bond motifs is 2. The lowest BCUT2D eigenvalue weighted by atomic mass is 9.94. The summed E-state index contributed by atoms with van der Waals surface area (Å²) in [6.07, 6.45) is 0.441. The molecule has 0 fully saturated rings. The van der Waals surface area contributed by atoms with Gasteiger partial charge < -0.3 is 19.3 Å². The SMILES string of the molecule is COc1cc(C(C)C)c2c(=O)[nH]c(N3CCc4c(CN(C)C(=O)OC(C)(C)C)cccc4C3)nc2c1. The zero-order valence-corrected chi connectivity index (χ0v) is 22.3. The first-order chi connectivity index (χ1) is 17.0. The Balaban J connectivity index is 1.61. The van der Waals surface area contributed by atoms with Crippen molar-refractivity contribution < 1.29 is 14.3 Å². The smallest absolute Gasteiger partial charge is 0.410 e. The van der Waals surface area contributed by atoms with Crippen molar-refractivity contribution in [2.75, 3.05) is 25.6 Å². The summed E-state index contributed by atoms with van der Waals surface area (Å²) < 4.78 is 11.0. The van der Waals surface area contributed by atoms with Gasteiger partial charge in [0.2, 0.25) is 5.95 Å². The molecule has 1 aliphatic rings. The Morgan fingerprint density at radius 1 is 1.25 bits per heavy atom. The number of H-pyrrole nitrogens is 1. The van der Waals surface area contributed by atoms with Gasteiger partial charge in [0.05, 0.1) is 18.0 Å². The Labute approximate surface area is 212 Å². The number of nitrogens with one attached hydrogen (secondary N) is 1. The number of hydrogen-bond donors (Lipinski definition) is 1. The van der Waals surface area contributed by atoms with E-state index in [2.05, 4.69) is 35.9 Å². The van der Waals surface area contributed by atoms with Gasteiger partial charge in [0.1, 0.15) is 11.4 Å².